The SMILES string of the molecule is ClC1=CC=C2N=CC=C2C1. The van der Waals surface area contributed by atoms with Gasteiger partial charge in [0.2, 0.25) is 0 Å². The predicted octanol–water partition coefficient (Wildman–Crippen LogP) is 2.41. The second-order valence-electron chi connectivity index (χ2n) is 2.31. The molecule has 10 heavy (non-hydrogen) atoms. The largest absolute Gasteiger partial charge is 0.257 e. The van der Waals surface area contributed by atoms with Gasteiger partial charge in [-0.15, -0.1) is 0 Å². The third kappa shape index (κ3) is 0.830. The molecule has 0 N–H and O–H groups in total. The molecular weight excluding hydrogens is 146 g/mol. The molecule has 0 saturated carbocycles. The summed E-state index contributed by atoms with van der Waals surface area (Å²) >= 11 is 5.80. The zero-order chi connectivity index (χ0) is 6.97. The van der Waals surface area contributed by atoms with Gasteiger partial charge in [0.15, 0.2) is 0 Å². The summed E-state index contributed by atoms with van der Waals surface area (Å²) in [6.45, 7) is 0. The molecule has 0 bridgehead atoms. The Balaban J connectivity index is 2.42. The van der Waals surface area contributed by atoms with Gasteiger partial charge in [-0.25, -0.2) is 0 Å². The van der Waals surface area contributed by atoms with Crippen molar-refractivity contribution in [1.29, 1.82) is 0 Å². The van der Waals surface area contributed by atoms with Crippen molar-refractivity contribution in [1.82, 2.24) is 0 Å². The highest BCUT2D eigenvalue weighted by Gasteiger charge is 2.11. The normalized spacial score (nSPS) is 21.5. The Hall–Kier alpha value is -0.820. The molecule has 0 unspecified atom stereocenters. The molecule has 1 aliphatic carbocycles. The van der Waals surface area contributed by atoms with Gasteiger partial charge >= 0.3 is 0 Å². The minimum Gasteiger partial charge on any atom is -0.257 e. The average Bonchev–Trinajstić information content (AvgIpc) is 2.33. The molecule has 0 fully saturated rings. The summed E-state index contributed by atoms with van der Waals surface area (Å²) in [7, 11) is 0. The van der Waals surface area contributed by atoms with Gasteiger partial charge in [0.05, 0.1) is 5.70 Å². The number of fused-ring (bicyclic) bond motifs is 1. The maximum Gasteiger partial charge on any atom is 0.0666 e. The Morgan fingerprint density at radius 2 is 2.20 bits per heavy atom. The molecule has 0 atom stereocenters. The fourth-order valence-corrected chi connectivity index (χ4v) is 1.29. The average molecular weight is 152 g/mol. The van der Waals surface area contributed by atoms with Crippen LogP contribution >= 0.6 is 11.6 Å². The van der Waals surface area contributed by atoms with Crippen molar-refractivity contribution >= 4 is 17.8 Å². The van der Waals surface area contributed by atoms with Crippen molar-refractivity contribution in [2.45, 2.75) is 6.42 Å². The first-order valence-electron chi connectivity index (χ1n) is 3.16. The van der Waals surface area contributed by atoms with Gasteiger partial charge in [-0.1, -0.05) is 11.6 Å². The fraction of sp³-hybridized carbons (Fsp3) is 0.125. The first-order chi connectivity index (χ1) is 4.86. The molecule has 1 heterocycles. The van der Waals surface area contributed by atoms with Crippen LogP contribution in [0.4, 0.5) is 0 Å². The Bertz CT molecular complexity index is 282. The molecule has 0 aromatic rings. The van der Waals surface area contributed by atoms with E-state index in [0.29, 0.717) is 0 Å². The summed E-state index contributed by atoms with van der Waals surface area (Å²) in [6.07, 6.45) is 8.50. The van der Waals surface area contributed by atoms with Crippen LogP contribution in [0.25, 0.3) is 0 Å². The van der Waals surface area contributed by atoms with Crippen molar-refractivity contribution in [3.63, 3.8) is 0 Å². The summed E-state index contributed by atoms with van der Waals surface area (Å²) < 4.78 is 0. The maximum absolute atomic E-state index is 5.80. The Morgan fingerprint density at radius 3 is 3.10 bits per heavy atom. The lowest BCUT2D eigenvalue weighted by atomic mass is 10.1. The number of nitrogens with zero attached hydrogens (tertiary/aromatic N) is 1. The second kappa shape index (κ2) is 2.10. The van der Waals surface area contributed by atoms with E-state index in [-0.39, 0.29) is 0 Å². The highest BCUT2D eigenvalue weighted by atomic mass is 35.5. The molecule has 0 aromatic carbocycles. The van der Waals surface area contributed by atoms with Gasteiger partial charge in [-0.3, -0.25) is 4.99 Å². The van der Waals surface area contributed by atoms with Crippen LogP contribution in [0.3, 0.4) is 0 Å². The van der Waals surface area contributed by atoms with Crippen LogP contribution in [0.5, 0.6) is 0 Å². The van der Waals surface area contributed by atoms with E-state index in [4.69, 9.17) is 11.6 Å². The van der Waals surface area contributed by atoms with E-state index in [9.17, 15) is 0 Å². The van der Waals surface area contributed by atoms with Crippen LogP contribution in [0.15, 0.2) is 39.5 Å². The molecule has 2 aliphatic rings. The molecule has 0 aromatic heterocycles. The third-order valence-electron chi connectivity index (χ3n) is 1.60. The van der Waals surface area contributed by atoms with Crippen LogP contribution in [-0.4, -0.2) is 6.21 Å². The highest BCUT2D eigenvalue weighted by molar-refractivity contribution is 6.30. The number of rotatable bonds is 0. The summed E-state index contributed by atoms with van der Waals surface area (Å²) in [4.78, 5) is 4.13. The zero-order valence-corrected chi connectivity index (χ0v) is 6.10. The number of hydrogen-bond donors (Lipinski definition) is 0. The van der Waals surface area contributed by atoms with E-state index in [1.54, 1.807) is 0 Å². The lowest BCUT2D eigenvalue weighted by Gasteiger charge is -2.06. The van der Waals surface area contributed by atoms with Gasteiger partial charge in [0, 0.05) is 17.7 Å². The summed E-state index contributed by atoms with van der Waals surface area (Å²) in [5, 5.41) is 0.889. The molecule has 2 rings (SSSR count). The monoisotopic (exact) mass is 151 g/mol. The van der Waals surface area contributed by atoms with Gasteiger partial charge in [-0.2, -0.15) is 0 Å². The molecule has 0 amide bonds. The molecular formula is C8H6ClN. The smallest absolute Gasteiger partial charge is 0.0666 e. The first-order valence-corrected chi connectivity index (χ1v) is 3.54. The first kappa shape index (κ1) is 5.93. The van der Waals surface area contributed by atoms with Crippen molar-refractivity contribution in [3.8, 4) is 0 Å². The van der Waals surface area contributed by atoms with Crippen LogP contribution in [0.2, 0.25) is 0 Å². The number of hydrogen-bond acceptors (Lipinski definition) is 1. The molecule has 0 radical (unpaired) electrons. The quantitative estimate of drug-likeness (QED) is 0.504. The molecule has 2 heteroatoms. The van der Waals surface area contributed by atoms with Crippen LogP contribution in [0.1, 0.15) is 6.42 Å². The number of aliphatic imine (C=N–C) groups is 1. The van der Waals surface area contributed by atoms with Gasteiger partial charge in [-0.05, 0) is 23.8 Å². The number of halogens is 1. The second-order valence-corrected chi connectivity index (χ2v) is 2.80. The predicted molar refractivity (Wildman–Crippen MR) is 43.2 cm³/mol. The van der Waals surface area contributed by atoms with Crippen LogP contribution in [0, 0.1) is 0 Å². The fourth-order valence-electron chi connectivity index (χ4n) is 1.09. The molecule has 0 spiro atoms. The topological polar surface area (TPSA) is 12.4 Å². The van der Waals surface area contributed by atoms with Gasteiger partial charge < -0.3 is 0 Å². The maximum atomic E-state index is 5.80. The highest BCUT2D eigenvalue weighted by Crippen LogP contribution is 2.29. The Kier molecular flexibility index (Phi) is 1.24. The van der Waals surface area contributed by atoms with Crippen molar-refractivity contribution in [3.05, 3.63) is 34.5 Å². The minimum absolute atomic E-state index is 0.841. The third-order valence-corrected chi connectivity index (χ3v) is 1.86. The Morgan fingerprint density at radius 1 is 1.30 bits per heavy atom. The molecule has 0 saturated heterocycles. The van der Waals surface area contributed by atoms with E-state index in [0.717, 1.165) is 17.2 Å². The van der Waals surface area contributed by atoms with E-state index < -0.39 is 0 Å². The summed E-state index contributed by atoms with van der Waals surface area (Å²) in [5.41, 5.74) is 2.29. The van der Waals surface area contributed by atoms with Crippen molar-refractivity contribution in [2.24, 2.45) is 4.99 Å². The van der Waals surface area contributed by atoms with Crippen molar-refractivity contribution < 1.29 is 0 Å². The lowest BCUT2D eigenvalue weighted by Crippen LogP contribution is -1.88. The molecule has 50 valence electrons. The molecule has 1 aliphatic heterocycles. The minimum atomic E-state index is 0.841. The van der Waals surface area contributed by atoms with Gasteiger partial charge in [0.25, 0.3) is 0 Å². The van der Waals surface area contributed by atoms with E-state index in [1.165, 1.54) is 5.57 Å². The standard InChI is InChI=1S/C8H6ClN/c9-7-1-2-8-6(5-7)3-4-10-8/h1-4H,5H2. The van der Waals surface area contributed by atoms with Crippen molar-refractivity contribution in [2.75, 3.05) is 0 Å². The summed E-state index contributed by atoms with van der Waals surface area (Å²) in [6, 6.07) is 0. The zero-order valence-electron chi connectivity index (χ0n) is 5.34. The lowest BCUT2D eigenvalue weighted by molar-refractivity contribution is 1.16. The Labute approximate surface area is 64.4 Å². The van der Waals surface area contributed by atoms with Crippen LogP contribution < -0.4 is 0 Å². The summed E-state index contributed by atoms with van der Waals surface area (Å²) in [5.74, 6) is 0. The van der Waals surface area contributed by atoms with E-state index in [1.807, 2.05) is 24.4 Å². The van der Waals surface area contributed by atoms with E-state index in [2.05, 4.69) is 4.99 Å². The number of allylic oxidation sites excluding steroid dienone is 5. The van der Waals surface area contributed by atoms with E-state index >= 15 is 0 Å². The van der Waals surface area contributed by atoms with Crippen LogP contribution in [-0.2, 0) is 0 Å². The molecule has 1 nitrogen and oxygen atoms in total. The van der Waals surface area contributed by atoms with Gasteiger partial charge in [0.1, 0.15) is 0 Å².